The Kier molecular flexibility index (Phi) is 3.91. The van der Waals surface area contributed by atoms with Crippen LogP contribution in [-0.4, -0.2) is 40.0 Å². The summed E-state index contributed by atoms with van der Waals surface area (Å²) in [7, 11) is 0. The third-order valence-corrected chi connectivity index (χ3v) is 5.47. The Morgan fingerprint density at radius 3 is 2.62 bits per heavy atom. The van der Waals surface area contributed by atoms with Crippen molar-refractivity contribution in [2.45, 2.75) is 52.5 Å². The van der Waals surface area contributed by atoms with E-state index in [2.05, 4.69) is 28.7 Å². The SMILES string of the molecule is CCC1(CC)CCN(C(=O)c2cn3c(n2)NCCC3)CC1. The Bertz CT molecular complexity index is 485. The lowest BCUT2D eigenvalue weighted by atomic mass is 9.74. The molecule has 1 N–H and O–H groups in total. The number of hydrogen-bond donors (Lipinski definition) is 1. The van der Waals surface area contributed by atoms with Crippen LogP contribution < -0.4 is 5.32 Å². The highest BCUT2D eigenvalue weighted by Crippen LogP contribution is 2.38. The number of fused-ring (bicyclic) bond motifs is 1. The highest BCUT2D eigenvalue weighted by Gasteiger charge is 2.33. The second-order valence-corrected chi connectivity index (χ2v) is 6.42. The molecule has 0 aliphatic carbocycles. The lowest BCUT2D eigenvalue weighted by Crippen LogP contribution is -2.43. The molecule has 2 aliphatic heterocycles. The van der Waals surface area contributed by atoms with Crippen molar-refractivity contribution in [3.63, 3.8) is 0 Å². The maximum Gasteiger partial charge on any atom is 0.274 e. The van der Waals surface area contributed by atoms with E-state index < -0.39 is 0 Å². The zero-order valence-corrected chi connectivity index (χ0v) is 13.2. The number of likely N-dealkylation sites (tertiary alicyclic amines) is 1. The lowest BCUT2D eigenvalue weighted by molar-refractivity contribution is 0.0553. The summed E-state index contributed by atoms with van der Waals surface area (Å²) in [4.78, 5) is 19.1. The molecule has 1 fully saturated rings. The quantitative estimate of drug-likeness (QED) is 0.931. The van der Waals surface area contributed by atoms with Crippen LogP contribution in [0.25, 0.3) is 0 Å². The molecule has 1 amide bonds. The van der Waals surface area contributed by atoms with E-state index in [1.165, 1.54) is 12.8 Å². The van der Waals surface area contributed by atoms with E-state index in [-0.39, 0.29) is 5.91 Å². The molecule has 0 bridgehead atoms. The van der Waals surface area contributed by atoms with Crippen LogP contribution in [0.4, 0.5) is 5.95 Å². The minimum atomic E-state index is 0.0968. The highest BCUT2D eigenvalue weighted by atomic mass is 16.2. The topological polar surface area (TPSA) is 50.2 Å². The molecule has 21 heavy (non-hydrogen) atoms. The number of aromatic nitrogens is 2. The molecule has 0 saturated carbocycles. The van der Waals surface area contributed by atoms with Gasteiger partial charge in [0.2, 0.25) is 5.95 Å². The Labute approximate surface area is 126 Å². The maximum absolute atomic E-state index is 12.6. The molecule has 1 saturated heterocycles. The van der Waals surface area contributed by atoms with Crippen LogP contribution in [0.3, 0.4) is 0 Å². The lowest BCUT2D eigenvalue weighted by Gasteiger charge is -2.40. The first-order chi connectivity index (χ1) is 10.2. The van der Waals surface area contributed by atoms with Gasteiger partial charge in [0.25, 0.3) is 5.91 Å². The van der Waals surface area contributed by atoms with Gasteiger partial charge in [-0.3, -0.25) is 4.79 Å². The monoisotopic (exact) mass is 290 g/mol. The van der Waals surface area contributed by atoms with Crippen LogP contribution >= 0.6 is 0 Å². The Morgan fingerprint density at radius 2 is 2.00 bits per heavy atom. The molecule has 1 aromatic heterocycles. The summed E-state index contributed by atoms with van der Waals surface area (Å²) in [6.45, 7) is 8.19. The second kappa shape index (κ2) is 5.70. The zero-order chi connectivity index (χ0) is 14.9. The smallest absolute Gasteiger partial charge is 0.274 e. The fourth-order valence-corrected chi connectivity index (χ4v) is 3.58. The number of carbonyl (C=O) groups is 1. The molecular formula is C16H26N4O. The van der Waals surface area contributed by atoms with Crippen molar-refractivity contribution in [3.05, 3.63) is 11.9 Å². The predicted octanol–water partition coefficient (Wildman–Crippen LogP) is 2.74. The molecule has 0 radical (unpaired) electrons. The van der Waals surface area contributed by atoms with Crippen LogP contribution in [0, 0.1) is 5.41 Å². The molecule has 116 valence electrons. The summed E-state index contributed by atoms with van der Waals surface area (Å²) < 4.78 is 2.06. The van der Waals surface area contributed by atoms with Gasteiger partial charge in [-0.2, -0.15) is 0 Å². The zero-order valence-electron chi connectivity index (χ0n) is 13.2. The predicted molar refractivity (Wildman–Crippen MR) is 83.5 cm³/mol. The van der Waals surface area contributed by atoms with Gasteiger partial charge >= 0.3 is 0 Å². The summed E-state index contributed by atoms with van der Waals surface area (Å²) in [6, 6.07) is 0. The van der Waals surface area contributed by atoms with Gasteiger partial charge in [0.1, 0.15) is 5.69 Å². The van der Waals surface area contributed by atoms with E-state index in [0.29, 0.717) is 11.1 Å². The third kappa shape index (κ3) is 2.65. The molecule has 0 atom stereocenters. The van der Waals surface area contributed by atoms with Gasteiger partial charge in [-0.1, -0.05) is 26.7 Å². The first-order valence-corrected chi connectivity index (χ1v) is 8.28. The van der Waals surface area contributed by atoms with Crippen LogP contribution in [-0.2, 0) is 6.54 Å². The molecule has 1 aromatic rings. The number of hydrogen-bond acceptors (Lipinski definition) is 3. The average molecular weight is 290 g/mol. The summed E-state index contributed by atoms with van der Waals surface area (Å²) in [5.41, 5.74) is 1.05. The normalized spacial score (nSPS) is 20.8. The molecule has 3 heterocycles. The number of amides is 1. The largest absolute Gasteiger partial charge is 0.356 e. The summed E-state index contributed by atoms with van der Waals surface area (Å²) in [6.07, 6.45) is 7.68. The number of nitrogens with one attached hydrogen (secondary N) is 1. The van der Waals surface area contributed by atoms with Gasteiger partial charge in [0.05, 0.1) is 0 Å². The molecule has 0 spiro atoms. The standard InChI is InChI=1S/C16H26N4O/c1-3-16(4-2)6-10-19(11-7-16)14(21)13-12-20-9-5-8-17-15(20)18-13/h12H,3-11H2,1-2H3,(H,17,18). The number of aryl methyl sites for hydroxylation is 1. The van der Waals surface area contributed by atoms with Gasteiger partial charge in [-0.05, 0) is 24.7 Å². The first-order valence-electron chi connectivity index (χ1n) is 8.28. The molecule has 3 rings (SSSR count). The molecule has 5 nitrogen and oxygen atoms in total. The number of anilines is 1. The number of imidazole rings is 1. The first kappa shape index (κ1) is 14.4. The second-order valence-electron chi connectivity index (χ2n) is 6.42. The van der Waals surface area contributed by atoms with Crippen molar-refractivity contribution in [2.24, 2.45) is 5.41 Å². The van der Waals surface area contributed by atoms with Crippen molar-refractivity contribution in [1.29, 1.82) is 0 Å². The van der Waals surface area contributed by atoms with Crippen LogP contribution in [0.15, 0.2) is 6.20 Å². The third-order valence-electron chi connectivity index (χ3n) is 5.47. The fraction of sp³-hybridized carbons (Fsp3) is 0.750. The Hall–Kier alpha value is -1.52. The summed E-state index contributed by atoms with van der Waals surface area (Å²) in [5.74, 6) is 0.942. The fourth-order valence-electron chi connectivity index (χ4n) is 3.58. The molecule has 5 heteroatoms. The van der Waals surface area contributed by atoms with Crippen molar-refractivity contribution in [3.8, 4) is 0 Å². The number of piperidine rings is 1. The van der Waals surface area contributed by atoms with Gasteiger partial charge < -0.3 is 14.8 Å². The van der Waals surface area contributed by atoms with Gasteiger partial charge in [0, 0.05) is 32.4 Å². The van der Waals surface area contributed by atoms with E-state index in [1.807, 2.05) is 11.1 Å². The van der Waals surface area contributed by atoms with E-state index >= 15 is 0 Å². The number of nitrogens with zero attached hydrogens (tertiary/aromatic N) is 3. The summed E-state index contributed by atoms with van der Waals surface area (Å²) >= 11 is 0. The van der Waals surface area contributed by atoms with Crippen molar-refractivity contribution in [1.82, 2.24) is 14.5 Å². The van der Waals surface area contributed by atoms with Crippen LogP contribution in [0.1, 0.15) is 56.4 Å². The Balaban J connectivity index is 1.68. The Morgan fingerprint density at radius 1 is 1.29 bits per heavy atom. The summed E-state index contributed by atoms with van der Waals surface area (Å²) in [5, 5.41) is 3.25. The van der Waals surface area contributed by atoms with Crippen molar-refractivity contribution >= 4 is 11.9 Å². The van der Waals surface area contributed by atoms with Crippen LogP contribution in [0.5, 0.6) is 0 Å². The number of carbonyl (C=O) groups excluding carboxylic acids is 1. The minimum Gasteiger partial charge on any atom is -0.356 e. The maximum atomic E-state index is 12.6. The van der Waals surface area contributed by atoms with Gasteiger partial charge in [0.15, 0.2) is 0 Å². The molecule has 0 aromatic carbocycles. The van der Waals surface area contributed by atoms with E-state index in [1.54, 1.807) is 0 Å². The van der Waals surface area contributed by atoms with Crippen molar-refractivity contribution < 1.29 is 4.79 Å². The van der Waals surface area contributed by atoms with Crippen LogP contribution in [0.2, 0.25) is 0 Å². The highest BCUT2D eigenvalue weighted by molar-refractivity contribution is 5.92. The average Bonchev–Trinajstić information content (AvgIpc) is 2.98. The van der Waals surface area contributed by atoms with E-state index in [9.17, 15) is 4.79 Å². The van der Waals surface area contributed by atoms with Gasteiger partial charge in [-0.25, -0.2) is 4.98 Å². The van der Waals surface area contributed by atoms with E-state index in [0.717, 1.165) is 51.4 Å². The number of rotatable bonds is 3. The molecule has 2 aliphatic rings. The minimum absolute atomic E-state index is 0.0968. The molecular weight excluding hydrogens is 264 g/mol. The van der Waals surface area contributed by atoms with Crippen molar-refractivity contribution in [2.75, 3.05) is 25.0 Å². The van der Waals surface area contributed by atoms with E-state index in [4.69, 9.17) is 0 Å². The molecule has 0 unspecified atom stereocenters. The van der Waals surface area contributed by atoms with Gasteiger partial charge in [-0.15, -0.1) is 0 Å².